The number of carbonyl (C=O) groups is 2. The summed E-state index contributed by atoms with van der Waals surface area (Å²) in [7, 11) is 0. The second kappa shape index (κ2) is 8.53. The van der Waals surface area contributed by atoms with Crippen molar-refractivity contribution < 1.29 is 14.0 Å². The van der Waals surface area contributed by atoms with Gasteiger partial charge < -0.3 is 5.32 Å². The average molecular weight is 284 g/mol. The molecule has 104 valence electrons. The molecule has 1 aromatic rings. The van der Waals surface area contributed by atoms with Gasteiger partial charge >= 0.3 is 6.03 Å². The number of carbonyl (C=O) groups excluding carboxylic acids is 2. The van der Waals surface area contributed by atoms with E-state index in [0.29, 0.717) is 6.54 Å². The molecule has 0 heterocycles. The van der Waals surface area contributed by atoms with E-state index >= 15 is 0 Å². The average Bonchev–Trinajstić information content (AvgIpc) is 2.38. The molecule has 0 saturated heterocycles. The van der Waals surface area contributed by atoms with Gasteiger partial charge in [0.25, 0.3) is 0 Å². The van der Waals surface area contributed by atoms with Crippen LogP contribution in [0.1, 0.15) is 19.8 Å². The normalized spacial score (nSPS) is 10.0. The number of benzene rings is 1. The number of urea groups is 1. The van der Waals surface area contributed by atoms with Gasteiger partial charge in [0.1, 0.15) is 5.82 Å². The van der Waals surface area contributed by atoms with E-state index in [1.54, 1.807) is 12.1 Å². The number of amides is 3. The highest BCUT2D eigenvalue weighted by Crippen LogP contribution is 2.17. The summed E-state index contributed by atoms with van der Waals surface area (Å²) in [6.45, 7) is 2.57. The van der Waals surface area contributed by atoms with Crippen molar-refractivity contribution in [2.45, 2.75) is 24.7 Å². The lowest BCUT2D eigenvalue weighted by atomic mass is 10.3. The highest BCUT2D eigenvalue weighted by atomic mass is 32.2. The maximum atomic E-state index is 12.7. The second-order valence-corrected chi connectivity index (χ2v) is 4.95. The van der Waals surface area contributed by atoms with Crippen molar-refractivity contribution in [2.75, 3.05) is 12.3 Å². The molecule has 0 aliphatic heterocycles. The number of nitrogens with one attached hydrogen (secondary N) is 2. The Labute approximate surface area is 116 Å². The van der Waals surface area contributed by atoms with Crippen molar-refractivity contribution in [2.24, 2.45) is 0 Å². The Hall–Kier alpha value is -1.56. The predicted octanol–water partition coefficient (Wildman–Crippen LogP) is 2.54. The Bertz CT molecular complexity index is 423. The summed E-state index contributed by atoms with van der Waals surface area (Å²) in [6, 6.07) is 5.37. The van der Waals surface area contributed by atoms with E-state index in [2.05, 4.69) is 10.6 Å². The summed E-state index contributed by atoms with van der Waals surface area (Å²) in [5, 5.41) is 4.83. The Morgan fingerprint density at radius 3 is 2.58 bits per heavy atom. The fourth-order valence-electron chi connectivity index (χ4n) is 1.27. The summed E-state index contributed by atoms with van der Waals surface area (Å²) in [6.07, 6.45) is 1.86. The number of imide groups is 1. The second-order valence-electron chi connectivity index (χ2n) is 3.90. The van der Waals surface area contributed by atoms with E-state index in [-0.39, 0.29) is 17.5 Å². The van der Waals surface area contributed by atoms with Crippen LogP contribution in [0.15, 0.2) is 29.2 Å². The van der Waals surface area contributed by atoms with Crippen LogP contribution in [0.4, 0.5) is 9.18 Å². The molecule has 0 bridgehead atoms. The van der Waals surface area contributed by atoms with Crippen LogP contribution >= 0.6 is 11.8 Å². The first-order valence-corrected chi connectivity index (χ1v) is 7.06. The first kappa shape index (κ1) is 15.5. The number of halogens is 1. The Morgan fingerprint density at radius 1 is 1.26 bits per heavy atom. The third kappa shape index (κ3) is 6.81. The van der Waals surface area contributed by atoms with E-state index < -0.39 is 6.03 Å². The van der Waals surface area contributed by atoms with Gasteiger partial charge in [0.2, 0.25) is 5.91 Å². The lowest BCUT2D eigenvalue weighted by Gasteiger charge is -2.06. The van der Waals surface area contributed by atoms with E-state index in [0.717, 1.165) is 17.7 Å². The van der Waals surface area contributed by atoms with Gasteiger partial charge in [-0.3, -0.25) is 10.1 Å². The Kier molecular flexibility index (Phi) is 6.95. The van der Waals surface area contributed by atoms with E-state index in [1.807, 2.05) is 6.92 Å². The summed E-state index contributed by atoms with van der Waals surface area (Å²) >= 11 is 1.25. The number of thioether (sulfide) groups is 1. The summed E-state index contributed by atoms with van der Waals surface area (Å²) in [5.74, 6) is -0.570. The van der Waals surface area contributed by atoms with Gasteiger partial charge in [-0.25, -0.2) is 9.18 Å². The molecule has 0 atom stereocenters. The van der Waals surface area contributed by atoms with Gasteiger partial charge in [0, 0.05) is 11.4 Å². The van der Waals surface area contributed by atoms with Crippen LogP contribution in [-0.2, 0) is 4.79 Å². The zero-order valence-electron chi connectivity index (χ0n) is 10.7. The monoisotopic (exact) mass is 284 g/mol. The molecular weight excluding hydrogens is 267 g/mol. The van der Waals surface area contributed by atoms with Crippen LogP contribution in [0.25, 0.3) is 0 Å². The molecule has 1 rings (SSSR count). The van der Waals surface area contributed by atoms with Crippen molar-refractivity contribution in [1.29, 1.82) is 0 Å². The lowest BCUT2D eigenvalue weighted by Crippen LogP contribution is -2.40. The van der Waals surface area contributed by atoms with Crippen molar-refractivity contribution in [3.05, 3.63) is 30.1 Å². The van der Waals surface area contributed by atoms with Gasteiger partial charge in [0.05, 0.1) is 5.75 Å². The first-order valence-electron chi connectivity index (χ1n) is 6.08. The molecule has 0 radical (unpaired) electrons. The fraction of sp³-hybridized carbons (Fsp3) is 0.385. The summed E-state index contributed by atoms with van der Waals surface area (Å²) < 4.78 is 12.7. The number of rotatable bonds is 6. The van der Waals surface area contributed by atoms with Gasteiger partial charge in [-0.05, 0) is 30.7 Å². The minimum atomic E-state index is -0.474. The van der Waals surface area contributed by atoms with Crippen LogP contribution in [0.2, 0.25) is 0 Å². The van der Waals surface area contributed by atoms with Crippen LogP contribution in [0, 0.1) is 5.82 Å². The van der Waals surface area contributed by atoms with E-state index in [4.69, 9.17) is 0 Å². The summed E-state index contributed by atoms with van der Waals surface area (Å²) in [5.41, 5.74) is 0. The zero-order chi connectivity index (χ0) is 14.1. The minimum absolute atomic E-state index is 0.118. The largest absolute Gasteiger partial charge is 0.338 e. The standard InChI is InChI=1S/C13H17FN2O2S/c1-2-3-8-15-13(18)16-12(17)9-19-11-6-4-10(14)5-7-11/h4-7H,2-3,8-9H2,1H3,(H2,15,16,17,18). The maximum Gasteiger partial charge on any atom is 0.321 e. The van der Waals surface area contributed by atoms with E-state index in [1.165, 1.54) is 23.9 Å². The smallest absolute Gasteiger partial charge is 0.321 e. The molecule has 3 amide bonds. The van der Waals surface area contributed by atoms with Crippen LogP contribution in [0.3, 0.4) is 0 Å². The third-order valence-corrected chi connectivity index (χ3v) is 3.26. The van der Waals surface area contributed by atoms with Gasteiger partial charge in [-0.2, -0.15) is 0 Å². The molecule has 0 aliphatic rings. The highest BCUT2D eigenvalue weighted by Gasteiger charge is 2.07. The number of hydrogen-bond acceptors (Lipinski definition) is 3. The van der Waals surface area contributed by atoms with Gasteiger partial charge in [-0.15, -0.1) is 11.8 Å². The molecule has 2 N–H and O–H groups in total. The Morgan fingerprint density at radius 2 is 1.95 bits per heavy atom. The molecule has 19 heavy (non-hydrogen) atoms. The molecule has 4 nitrogen and oxygen atoms in total. The number of unbranched alkanes of at least 4 members (excludes halogenated alkanes) is 1. The Balaban J connectivity index is 2.24. The van der Waals surface area contributed by atoms with Crippen molar-refractivity contribution >= 4 is 23.7 Å². The van der Waals surface area contributed by atoms with Crippen LogP contribution in [-0.4, -0.2) is 24.2 Å². The SMILES string of the molecule is CCCCNC(=O)NC(=O)CSc1ccc(F)cc1. The molecule has 1 aromatic carbocycles. The minimum Gasteiger partial charge on any atom is -0.338 e. The zero-order valence-corrected chi connectivity index (χ0v) is 11.6. The van der Waals surface area contributed by atoms with Crippen molar-refractivity contribution in [3.8, 4) is 0 Å². The third-order valence-electron chi connectivity index (χ3n) is 2.25. The lowest BCUT2D eigenvalue weighted by molar-refractivity contribution is -0.117. The molecule has 0 unspecified atom stereocenters. The maximum absolute atomic E-state index is 12.7. The summed E-state index contributed by atoms with van der Waals surface area (Å²) in [4.78, 5) is 23.5. The molecule has 0 spiro atoms. The molecule has 0 aliphatic carbocycles. The van der Waals surface area contributed by atoms with Gasteiger partial charge in [-0.1, -0.05) is 13.3 Å². The quantitative estimate of drug-likeness (QED) is 0.623. The molecular formula is C13H17FN2O2S. The first-order chi connectivity index (χ1) is 9.11. The van der Waals surface area contributed by atoms with Crippen molar-refractivity contribution in [3.63, 3.8) is 0 Å². The molecule has 6 heteroatoms. The molecule has 0 aromatic heterocycles. The predicted molar refractivity (Wildman–Crippen MR) is 73.6 cm³/mol. The molecule has 0 fully saturated rings. The van der Waals surface area contributed by atoms with Crippen LogP contribution < -0.4 is 10.6 Å². The fourth-order valence-corrected chi connectivity index (χ4v) is 1.96. The van der Waals surface area contributed by atoms with E-state index in [9.17, 15) is 14.0 Å². The topological polar surface area (TPSA) is 58.2 Å². The number of hydrogen-bond donors (Lipinski definition) is 2. The van der Waals surface area contributed by atoms with Gasteiger partial charge in [0.15, 0.2) is 0 Å². The highest BCUT2D eigenvalue weighted by molar-refractivity contribution is 8.00. The van der Waals surface area contributed by atoms with Crippen LogP contribution in [0.5, 0.6) is 0 Å². The van der Waals surface area contributed by atoms with Crippen molar-refractivity contribution in [1.82, 2.24) is 10.6 Å². The molecule has 0 saturated carbocycles.